The lowest BCUT2D eigenvalue weighted by Crippen LogP contribution is -2.06. The minimum absolute atomic E-state index is 0. The quantitative estimate of drug-likeness (QED) is 0.339. The highest BCUT2D eigenvalue weighted by molar-refractivity contribution is 7.09. The molecular weight excluding hydrogens is 412 g/mol. The molecule has 0 bridgehead atoms. The van der Waals surface area contributed by atoms with Gasteiger partial charge in [0.1, 0.15) is 6.10 Å². The van der Waals surface area contributed by atoms with Gasteiger partial charge in [-0.15, -0.1) is 23.7 Å². The Labute approximate surface area is 187 Å². The molecule has 0 spiro atoms. The van der Waals surface area contributed by atoms with Crippen LogP contribution in [0.5, 0.6) is 0 Å². The molecule has 0 amide bonds. The molecule has 0 saturated heterocycles. The number of benzene rings is 3. The highest BCUT2D eigenvalue weighted by Crippen LogP contribution is 2.34. The van der Waals surface area contributed by atoms with Crippen LogP contribution in [0, 0.1) is 18.3 Å². The van der Waals surface area contributed by atoms with Gasteiger partial charge in [0, 0.05) is 11.8 Å². The van der Waals surface area contributed by atoms with Crippen LogP contribution in [0.4, 0.5) is 0 Å². The van der Waals surface area contributed by atoms with Gasteiger partial charge in [-0.2, -0.15) is 5.26 Å². The van der Waals surface area contributed by atoms with Crippen molar-refractivity contribution in [2.24, 2.45) is 0 Å². The molecule has 0 fully saturated rings. The van der Waals surface area contributed by atoms with Gasteiger partial charge in [-0.05, 0) is 41.3 Å². The van der Waals surface area contributed by atoms with Crippen LogP contribution in [0.1, 0.15) is 33.2 Å². The second-order valence-corrected chi connectivity index (χ2v) is 7.73. The summed E-state index contributed by atoms with van der Waals surface area (Å²) in [5.41, 5.74) is 7.75. The molecule has 4 rings (SSSR count). The van der Waals surface area contributed by atoms with Crippen molar-refractivity contribution >= 4 is 23.7 Å². The first-order valence-corrected chi connectivity index (χ1v) is 10.3. The first-order valence-electron chi connectivity index (χ1n) is 9.40. The Morgan fingerprint density at radius 1 is 1.00 bits per heavy atom. The minimum atomic E-state index is -0.238. The summed E-state index contributed by atoms with van der Waals surface area (Å²) in [6.07, 6.45) is 1.62. The Balaban J connectivity index is 0.00000256. The summed E-state index contributed by atoms with van der Waals surface area (Å²) in [5.74, 6) is 0. The number of nitriles is 1. The lowest BCUT2D eigenvalue weighted by molar-refractivity contribution is 0.0689. The van der Waals surface area contributed by atoms with E-state index in [2.05, 4.69) is 48.3 Å². The molecule has 30 heavy (non-hydrogen) atoms. The maximum atomic E-state index is 9.65. The lowest BCUT2D eigenvalue weighted by atomic mass is 9.93. The van der Waals surface area contributed by atoms with Crippen molar-refractivity contribution in [2.45, 2.75) is 19.6 Å². The van der Waals surface area contributed by atoms with E-state index >= 15 is 0 Å². The van der Waals surface area contributed by atoms with Crippen molar-refractivity contribution in [1.82, 2.24) is 4.98 Å². The van der Waals surface area contributed by atoms with Crippen molar-refractivity contribution in [3.63, 3.8) is 0 Å². The number of ether oxygens (including phenoxy) is 1. The third-order valence-electron chi connectivity index (χ3n) is 4.87. The topological polar surface area (TPSA) is 45.9 Å². The first kappa shape index (κ1) is 21.7. The van der Waals surface area contributed by atoms with Gasteiger partial charge in [-0.3, -0.25) is 4.98 Å². The summed E-state index contributed by atoms with van der Waals surface area (Å²) in [7, 11) is 0. The third kappa shape index (κ3) is 4.77. The summed E-state index contributed by atoms with van der Waals surface area (Å²) in [6, 6.07) is 26.6. The van der Waals surface area contributed by atoms with Crippen LogP contribution in [0.15, 0.2) is 84.5 Å². The smallest absolute Gasteiger partial charge is 0.119 e. The van der Waals surface area contributed by atoms with Gasteiger partial charge in [0.25, 0.3) is 0 Å². The van der Waals surface area contributed by atoms with Crippen molar-refractivity contribution in [2.75, 3.05) is 0 Å². The lowest BCUT2D eigenvalue weighted by Gasteiger charge is -2.19. The van der Waals surface area contributed by atoms with E-state index in [-0.39, 0.29) is 18.5 Å². The molecule has 0 radical (unpaired) electrons. The number of nitrogens with zero attached hydrogens (tertiary/aromatic N) is 2. The molecule has 5 heteroatoms. The zero-order valence-electron chi connectivity index (χ0n) is 16.5. The van der Waals surface area contributed by atoms with Crippen molar-refractivity contribution in [3.05, 3.63) is 112 Å². The van der Waals surface area contributed by atoms with Crippen molar-refractivity contribution in [1.29, 1.82) is 5.26 Å². The molecule has 0 saturated carbocycles. The fraction of sp³-hybridized carbons (Fsp3) is 0.120. The zero-order chi connectivity index (χ0) is 20.1. The number of halogens is 1. The summed E-state index contributed by atoms with van der Waals surface area (Å²) in [5, 5.41) is 9.65. The normalized spacial score (nSPS) is 11.3. The van der Waals surface area contributed by atoms with Gasteiger partial charge in [0.2, 0.25) is 0 Å². The van der Waals surface area contributed by atoms with Crippen LogP contribution >= 0.6 is 23.7 Å². The summed E-state index contributed by atoms with van der Waals surface area (Å²) >= 11 is 1.57. The predicted molar refractivity (Wildman–Crippen MR) is 124 cm³/mol. The SMILES string of the molecule is Cc1ccccc1-c1cc(C(OCc2ccccc2)c2cncs2)ccc1C#N.Cl. The van der Waals surface area contributed by atoms with E-state index in [1.54, 1.807) is 11.3 Å². The van der Waals surface area contributed by atoms with Crippen LogP contribution < -0.4 is 0 Å². The van der Waals surface area contributed by atoms with Crippen LogP contribution in [-0.2, 0) is 11.3 Å². The van der Waals surface area contributed by atoms with Gasteiger partial charge in [0.15, 0.2) is 0 Å². The highest BCUT2D eigenvalue weighted by atomic mass is 35.5. The Hall–Kier alpha value is -2.97. The second kappa shape index (κ2) is 10.2. The molecule has 0 aliphatic carbocycles. The highest BCUT2D eigenvalue weighted by Gasteiger charge is 2.19. The Bertz CT molecular complexity index is 1140. The standard InChI is InChI=1S/C25H20N2OS.ClH/c1-18-7-5-6-10-22(18)23-13-20(11-12-21(23)14-26)25(24-15-27-17-29-24)28-16-19-8-3-2-4-9-19;/h2-13,15,17,25H,16H2,1H3;1H. The zero-order valence-corrected chi connectivity index (χ0v) is 18.1. The molecule has 0 aliphatic rings. The summed E-state index contributed by atoms with van der Waals surface area (Å²) in [4.78, 5) is 5.28. The molecule has 0 aliphatic heterocycles. The predicted octanol–water partition coefficient (Wildman–Crippen LogP) is 6.72. The Kier molecular flexibility index (Phi) is 7.37. The van der Waals surface area contributed by atoms with Crippen LogP contribution in [0.3, 0.4) is 0 Å². The number of rotatable bonds is 6. The van der Waals surface area contributed by atoms with E-state index in [0.717, 1.165) is 32.7 Å². The summed E-state index contributed by atoms with van der Waals surface area (Å²) < 4.78 is 6.34. The molecule has 150 valence electrons. The number of hydrogen-bond acceptors (Lipinski definition) is 4. The fourth-order valence-corrected chi connectivity index (χ4v) is 4.06. The number of thiazole rings is 1. The molecular formula is C25H21ClN2OS. The molecule has 4 aromatic rings. The number of aryl methyl sites for hydroxylation is 1. The van der Waals surface area contributed by atoms with Crippen molar-refractivity contribution < 1.29 is 4.74 Å². The molecule has 1 heterocycles. The summed E-state index contributed by atoms with van der Waals surface area (Å²) in [6.45, 7) is 2.57. The van der Waals surface area contributed by atoms with E-state index in [4.69, 9.17) is 4.74 Å². The average molecular weight is 433 g/mol. The molecule has 0 N–H and O–H groups in total. The van der Waals surface area contributed by atoms with Crippen LogP contribution in [0.25, 0.3) is 11.1 Å². The van der Waals surface area contributed by atoms with Crippen LogP contribution in [-0.4, -0.2) is 4.98 Å². The van der Waals surface area contributed by atoms with E-state index < -0.39 is 0 Å². The first-order chi connectivity index (χ1) is 14.3. The van der Waals surface area contributed by atoms with Crippen LogP contribution in [0.2, 0.25) is 0 Å². The van der Waals surface area contributed by atoms with Gasteiger partial charge in [0.05, 0.1) is 28.6 Å². The van der Waals surface area contributed by atoms with Crippen molar-refractivity contribution in [3.8, 4) is 17.2 Å². The van der Waals surface area contributed by atoms with Gasteiger partial charge >= 0.3 is 0 Å². The molecule has 3 nitrogen and oxygen atoms in total. The average Bonchev–Trinajstić information content (AvgIpc) is 3.29. The largest absolute Gasteiger partial charge is 0.363 e. The maximum Gasteiger partial charge on any atom is 0.119 e. The monoisotopic (exact) mass is 432 g/mol. The maximum absolute atomic E-state index is 9.65. The third-order valence-corrected chi connectivity index (χ3v) is 5.69. The Morgan fingerprint density at radius 2 is 1.77 bits per heavy atom. The van der Waals surface area contributed by atoms with E-state index in [9.17, 15) is 5.26 Å². The molecule has 3 aromatic carbocycles. The van der Waals surface area contributed by atoms with Gasteiger partial charge < -0.3 is 4.74 Å². The van der Waals surface area contributed by atoms with E-state index in [1.165, 1.54) is 0 Å². The molecule has 1 atom stereocenters. The number of hydrogen-bond donors (Lipinski definition) is 0. The Morgan fingerprint density at radius 3 is 2.47 bits per heavy atom. The minimum Gasteiger partial charge on any atom is -0.363 e. The second-order valence-electron chi connectivity index (χ2n) is 6.81. The molecule has 1 unspecified atom stereocenters. The van der Waals surface area contributed by atoms with E-state index in [1.807, 2.05) is 54.2 Å². The van der Waals surface area contributed by atoms with Gasteiger partial charge in [-0.1, -0.05) is 60.7 Å². The fourth-order valence-electron chi connectivity index (χ4n) is 3.37. The molecule has 1 aromatic heterocycles. The van der Waals surface area contributed by atoms with E-state index in [0.29, 0.717) is 12.2 Å². The number of aromatic nitrogens is 1. The van der Waals surface area contributed by atoms with Gasteiger partial charge in [-0.25, -0.2) is 0 Å².